The van der Waals surface area contributed by atoms with E-state index >= 15 is 0 Å². The fourth-order valence-corrected chi connectivity index (χ4v) is 1.40. The van der Waals surface area contributed by atoms with Crippen molar-refractivity contribution in [3.8, 4) is 12.4 Å². The van der Waals surface area contributed by atoms with E-state index in [2.05, 4.69) is 38.4 Å². The topological polar surface area (TPSA) is 59.6 Å². The fraction of sp³-hybridized carbons (Fsp3) is 0.455. The van der Waals surface area contributed by atoms with Crippen molar-refractivity contribution in [2.45, 2.75) is 13.3 Å². The highest BCUT2D eigenvalue weighted by Gasteiger charge is 2.15. The van der Waals surface area contributed by atoms with Crippen LogP contribution in [0.25, 0.3) is 0 Å². The molecule has 0 spiro atoms. The molecule has 0 saturated heterocycles. The fourth-order valence-electron chi connectivity index (χ4n) is 1.40. The minimum atomic E-state index is 1.08. The van der Waals surface area contributed by atoms with Crippen LogP contribution in [0.15, 0.2) is 24.4 Å². The van der Waals surface area contributed by atoms with Gasteiger partial charge in [-0.2, -0.15) is 10.5 Å². The molecule has 0 saturated carbocycles. The molecule has 0 aromatic heterocycles. The number of rotatable bonds is 2. The van der Waals surface area contributed by atoms with Crippen LogP contribution >= 0.6 is 0 Å². The molecule has 4 heteroatoms. The molecule has 0 radical (unpaired) electrons. The number of likely N-dealkylation sites (N-methyl/N-ethyl adjacent to an activating group) is 1. The average Bonchev–Trinajstić information content (AvgIpc) is 2.21. The maximum Gasteiger partial charge on any atom is 0.190 e. The molecule has 1 rings (SSSR count). The van der Waals surface area contributed by atoms with Crippen molar-refractivity contribution >= 4 is 0 Å². The highest BCUT2D eigenvalue weighted by atomic mass is 15.3. The summed E-state index contributed by atoms with van der Waals surface area (Å²) in [4.78, 5) is 0. The van der Waals surface area contributed by atoms with E-state index in [1.54, 1.807) is 5.32 Å². The van der Waals surface area contributed by atoms with E-state index in [1.165, 1.54) is 25.4 Å². The minimum absolute atomic E-state index is 1.08. The smallest absolute Gasteiger partial charge is 0.190 e. The van der Waals surface area contributed by atoms with Crippen molar-refractivity contribution in [1.29, 1.82) is 10.5 Å². The first kappa shape index (κ1) is 13.2. The molecular formula is C11H17N4+. The zero-order valence-electron chi connectivity index (χ0n) is 9.27. The Morgan fingerprint density at radius 3 is 2.33 bits per heavy atom. The van der Waals surface area contributed by atoms with Crippen LogP contribution in [-0.2, 0) is 0 Å². The number of nitrogens with zero attached hydrogens (tertiary/aromatic N) is 3. The van der Waals surface area contributed by atoms with Gasteiger partial charge in [0, 0.05) is 0 Å². The monoisotopic (exact) mass is 205 g/mol. The number of quaternary nitrogens is 1. The highest BCUT2D eigenvalue weighted by molar-refractivity contribution is 5.03. The molecular weight excluding hydrogens is 188 g/mol. The number of nitrogens with one attached hydrogen (secondary N) is 1. The summed E-state index contributed by atoms with van der Waals surface area (Å²) in [5.74, 6) is 0. The molecule has 1 N–H and O–H groups in total. The molecule has 1 atom stereocenters. The van der Waals surface area contributed by atoms with Gasteiger partial charge in [0.15, 0.2) is 12.4 Å². The van der Waals surface area contributed by atoms with E-state index in [0.29, 0.717) is 0 Å². The van der Waals surface area contributed by atoms with E-state index in [0.717, 1.165) is 11.0 Å². The van der Waals surface area contributed by atoms with Crippen molar-refractivity contribution < 1.29 is 4.48 Å². The van der Waals surface area contributed by atoms with Gasteiger partial charge in [0.2, 0.25) is 0 Å². The molecule has 80 valence electrons. The third kappa shape index (κ3) is 6.31. The first-order valence-electron chi connectivity index (χ1n) is 4.90. The van der Waals surface area contributed by atoms with E-state index in [4.69, 9.17) is 10.5 Å². The first-order chi connectivity index (χ1) is 7.18. The quantitative estimate of drug-likeness (QED) is 0.422. The van der Waals surface area contributed by atoms with Gasteiger partial charge >= 0.3 is 0 Å². The summed E-state index contributed by atoms with van der Waals surface area (Å²) < 4.78 is 1.08. The van der Waals surface area contributed by atoms with Crippen LogP contribution < -0.4 is 5.32 Å². The number of allylic oxidation sites excluding steroid dienone is 2. The Morgan fingerprint density at radius 1 is 1.33 bits per heavy atom. The Labute approximate surface area is 91.3 Å². The van der Waals surface area contributed by atoms with E-state index in [9.17, 15) is 0 Å². The summed E-state index contributed by atoms with van der Waals surface area (Å²) >= 11 is 0. The van der Waals surface area contributed by atoms with E-state index in [1.807, 2.05) is 0 Å². The van der Waals surface area contributed by atoms with Crippen LogP contribution in [0.1, 0.15) is 13.3 Å². The Morgan fingerprint density at radius 2 is 2.00 bits per heavy atom. The van der Waals surface area contributed by atoms with Crippen LogP contribution in [0.5, 0.6) is 0 Å². The molecule has 1 unspecified atom stereocenters. The van der Waals surface area contributed by atoms with Crippen LogP contribution in [0.3, 0.4) is 0 Å². The minimum Gasteiger partial charge on any atom is -0.296 e. The molecule has 15 heavy (non-hydrogen) atoms. The standard InChI is InChI=1S/C9H16N.C2HN3/c1-3-7-10(2)8-5-4-6-9-10;3-1-5-2-4/h4-6,8H,3,7,9H2,1-2H3;5H/q+1;. The Kier molecular flexibility index (Phi) is 6.70. The second-order valence-corrected chi connectivity index (χ2v) is 3.50. The third-order valence-electron chi connectivity index (χ3n) is 2.06. The lowest BCUT2D eigenvalue weighted by Gasteiger charge is -2.29. The molecule has 0 aromatic rings. The predicted octanol–water partition coefficient (Wildman–Crippen LogP) is 1.46. The molecule has 0 aliphatic carbocycles. The SMILES string of the molecule is CCC[N+]1(C)C=CC=CC1.N#CNC#N. The first-order valence-corrected chi connectivity index (χ1v) is 4.90. The van der Waals surface area contributed by atoms with Gasteiger partial charge in [-0.3, -0.25) is 4.48 Å². The summed E-state index contributed by atoms with van der Waals surface area (Å²) in [5.41, 5.74) is 0. The van der Waals surface area contributed by atoms with Crippen LogP contribution in [0.4, 0.5) is 0 Å². The summed E-state index contributed by atoms with van der Waals surface area (Å²) in [6.07, 6.45) is 12.8. The van der Waals surface area contributed by atoms with E-state index in [-0.39, 0.29) is 0 Å². The van der Waals surface area contributed by atoms with Gasteiger partial charge in [-0.1, -0.05) is 13.0 Å². The van der Waals surface area contributed by atoms with Crippen molar-refractivity contribution in [3.05, 3.63) is 24.4 Å². The molecule has 0 fully saturated rings. The largest absolute Gasteiger partial charge is 0.296 e. The summed E-state index contributed by atoms with van der Waals surface area (Å²) in [6, 6.07) is 0. The van der Waals surface area contributed by atoms with Crippen LogP contribution in [0.2, 0.25) is 0 Å². The lowest BCUT2D eigenvalue weighted by atomic mass is 10.3. The molecule has 1 heterocycles. The maximum atomic E-state index is 7.48. The number of nitriles is 2. The van der Waals surface area contributed by atoms with Crippen LogP contribution in [-0.4, -0.2) is 24.6 Å². The van der Waals surface area contributed by atoms with Crippen molar-refractivity contribution in [2.75, 3.05) is 20.1 Å². The Balaban J connectivity index is 0.000000336. The van der Waals surface area contributed by atoms with Gasteiger partial charge in [0.1, 0.15) is 6.54 Å². The highest BCUT2D eigenvalue weighted by Crippen LogP contribution is 2.09. The molecule has 4 nitrogen and oxygen atoms in total. The molecule has 0 amide bonds. The Hall–Kier alpha value is -1.78. The van der Waals surface area contributed by atoms with Gasteiger partial charge in [-0.05, 0) is 18.6 Å². The molecule has 0 bridgehead atoms. The van der Waals surface area contributed by atoms with Crippen molar-refractivity contribution in [1.82, 2.24) is 5.32 Å². The van der Waals surface area contributed by atoms with Gasteiger partial charge < -0.3 is 0 Å². The second-order valence-electron chi connectivity index (χ2n) is 3.50. The zero-order chi connectivity index (χ0) is 11.6. The van der Waals surface area contributed by atoms with Crippen molar-refractivity contribution in [2.24, 2.45) is 0 Å². The van der Waals surface area contributed by atoms with Gasteiger partial charge in [0.05, 0.1) is 19.8 Å². The number of hydrogen-bond acceptors (Lipinski definition) is 3. The van der Waals surface area contributed by atoms with Gasteiger partial charge in [-0.15, -0.1) is 0 Å². The summed E-state index contributed by atoms with van der Waals surface area (Å²) in [7, 11) is 2.27. The molecule has 1 aliphatic heterocycles. The summed E-state index contributed by atoms with van der Waals surface area (Å²) in [5, 5.41) is 16.7. The summed E-state index contributed by atoms with van der Waals surface area (Å²) in [6.45, 7) is 4.64. The zero-order valence-corrected chi connectivity index (χ0v) is 9.27. The average molecular weight is 205 g/mol. The maximum absolute atomic E-state index is 7.48. The van der Waals surface area contributed by atoms with Crippen molar-refractivity contribution in [3.63, 3.8) is 0 Å². The van der Waals surface area contributed by atoms with E-state index < -0.39 is 0 Å². The predicted molar refractivity (Wildman–Crippen MR) is 58.9 cm³/mol. The van der Waals surface area contributed by atoms with Gasteiger partial charge in [-0.25, -0.2) is 5.32 Å². The number of hydrogen-bond donors (Lipinski definition) is 1. The molecule has 0 aromatic carbocycles. The second kappa shape index (κ2) is 7.61. The van der Waals surface area contributed by atoms with Crippen LogP contribution in [0, 0.1) is 22.9 Å². The normalized spacial score (nSPS) is 21.9. The van der Waals surface area contributed by atoms with Gasteiger partial charge in [0.25, 0.3) is 0 Å². The molecule has 1 aliphatic rings. The Bertz CT molecular complexity index is 294. The lowest BCUT2D eigenvalue weighted by Crippen LogP contribution is -2.39. The lowest BCUT2D eigenvalue weighted by molar-refractivity contribution is -0.854. The third-order valence-corrected chi connectivity index (χ3v) is 2.06.